The molecule has 5 aromatic rings. The SMILES string of the molecule is Cc1cccc(NC(=O)C(C)Sc2ccc(NC(=O)/C(=C/c3ccc(-c4ccccc4)cc3)NC(=O)c3ccccc3)cc2)c1C. The van der Waals surface area contributed by atoms with Crippen molar-refractivity contribution < 1.29 is 14.4 Å². The first kappa shape index (κ1) is 32.0. The standard InChI is InChI=1S/C39H35N3O3S/c1-26-11-10-16-35(27(26)2)41-37(43)28(3)46-34-23-21-33(22-24-34)40-39(45)36(42-38(44)32-14-8-5-9-15-32)25-29-17-19-31(20-18-29)30-12-6-4-7-13-30/h4-25,28H,1-3H3,(H,40,45)(H,41,43)(H,42,44)/b36-25-. The lowest BCUT2D eigenvalue weighted by molar-refractivity contribution is -0.115. The normalized spacial score (nSPS) is 11.8. The number of nitrogens with one attached hydrogen (secondary N) is 3. The number of thioether (sulfide) groups is 1. The minimum Gasteiger partial charge on any atom is -0.325 e. The van der Waals surface area contributed by atoms with Gasteiger partial charge in [-0.15, -0.1) is 11.8 Å². The molecule has 0 heterocycles. The Kier molecular flexibility index (Phi) is 10.5. The topological polar surface area (TPSA) is 87.3 Å². The van der Waals surface area contributed by atoms with E-state index in [1.807, 2.05) is 112 Å². The molecule has 3 N–H and O–H groups in total. The van der Waals surface area contributed by atoms with Gasteiger partial charge in [-0.2, -0.15) is 0 Å². The zero-order valence-corrected chi connectivity index (χ0v) is 26.7. The van der Waals surface area contributed by atoms with Crippen LogP contribution in [-0.4, -0.2) is 23.0 Å². The van der Waals surface area contributed by atoms with Crippen LogP contribution in [0.2, 0.25) is 0 Å². The highest BCUT2D eigenvalue weighted by molar-refractivity contribution is 8.00. The first-order chi connectivity index (χ1) is 22.3. The average molecular weight is 626 g/mol. The zero-order valence-electron chi connectivity index (χ0n) is 25.9. The second-order valence-corrected chi connectivity index (χ2v) is 12.3. The van der Waals surface area contributed by atoms with Crippen molar-refractivity contribution in [3.05, 3.63) is 155 Å². The Bertz CT molecular complexity index is 1850. The fourth-order valence-electron chi connectivity index (χ4n) is 4.71. The van der Waals surface area contributed by atoms with Crippen molar-refractivity contribution in [1.82, 2.24) is 5.32 Å². The van der Waals surface area contributed by atoms with E-state index in [0.717, 1.165) is 38.4 Å². The van der Waals surface area contributed by atoms with Gasteiger partial charge in [-0.1, -0.05) is 84.9 Å². The summed E-state index contributed by atoms with van der Waals surface area (Å²) in [7, 11) is 0. The molecule has 230 valence electrons. The molecule has 1 unspecified atom stereocenters. The van der Waals surface area contributed by atoms with Crippen molar-refractivity contribution >= 4 is 46.9 Å². The average Bonchev–Trinajstić information content (AvgIpc) is 3.08. The van der Waals surface area contributed by atoms with Crippen LogP contribution in [0.3, 0.4) is 0 Å². The summed E-state index contributed by atoms with van der Waals surface area (Å²) in [4.78, 5) is 40.3. The van der Waals surface area contributed by atoms with Crippen LogP contribution in [0.15, 0.2) is 138 Å². The molecule has 46 heavy (non-hydrogen) atoms. The Hall–Kier alpha value is -5.40. The number of carbonyl (C=O) groups excluding carboxylic acids is 3. The molecule has 0 aliphatic carbocycles. The summed E-state index contributed by atoms with van der Waals surface area (Å²) >= 11 is 1.43. The van der Waals surface area contributed by atoms with Crippen LogP contribution >= 0.6 is 11.8 Å². The van der Waals surface area contributed by atoms with E-state index in [9.17, 15) is 14.4 Å². The van der Waals surface area contributed by atoms with Gasteiger partial charge in [-0.25, -0.2) is 0 Å². The van der Waals surface area contributed by atoms with Gasteiger partial charge in [0.25, 0.3) is 11.8 Å². The van der Waals surface area contributed by atoms with E-state index in [-0.39, 0.29) is 22.8 Å². The number of aryl methyl sites for hydroxylation is 1. The van der Waals surface area contributed by atoms with Gasteiger partial charge in [-0.05, 0) is 97.1 Å². The van der Waals surface area contributed by atoms with Crippen LogP contribution in [0, 0.1) is 13.8 Å². The van der Waals surface area contributed by atoms with Crippen LogP contribution < -0.4 is 16.0 Å². The van der Waals surface area contributed by atoms with Crippen LogP contribution in [-0.2, 0) is 9.59 Å². The van der Waals surface area contributed by atoms with Crippen LogP contribution in [0.1, 0.15) is 34.0 Å². The Labute approximate surface area is 274 Å². The summed E-state index contributed by atoms with van der Waals surface area (Å²) in [5.41, 5.74) is 6.98. The van der Waals surface area contributed by atoms with E-state index in [4.69, 9.17) is 0 Å². The number of rotatable bonds is 10. The van der Waals surface area contributed by atoms with Crippen molar-refractivity contribution in [2.45, 2.75) is 30.9 Å². The summed E-state index contributed by atoms with van der Waals surface area (Å²) < 4.78 is 0. The molecule has 0 fully saturated rings. The molecule has 3 amide bonds. The third-order valence-corrected chi connectivity index (χ3v) is 8.63. The molecule has 5 aromatic carbocycles. The van der Waals surface area contributed by atoms with E-state index >= 15 is 0 Å². The Morgan fingerprint density at radius 3 is 1.98 bits per heavy atom. The minimum absolute atomic E-state index is 0.0863. The maximum Gasteiger partial charge on any atom is 0.272 e. The summed E-state index contributed by atoms with van der Waals surface area (Å²) in [6.07, 6.45) is 1.66. The van der Waals surface area contributed by atoms with Crippen molar-refractivity contribution in [3.8, 4) is 11.1 Å². The summed E-state index contributed by atoms with van der Waals surface area (Å²) in [5, 5.41) is 8.37. The molecule has 0 saturated carbocycles. The van der Waals surface area contributed by atoms with Gasteiger partial charge in [-0.3, -0.25) is 14.4 Å². The summed E-state index contributed by atoms with van der Waals surface area (Å²) in [6, 6.07) is 39.7. The first-order valence-electron chi connectivity index (χ1n) is 15.0. The van der Waals surface area contributed by atoms with E-state index in [1.165, 1.54) is 11.8 Å². The maximum atomic E-state index is 13.5. The monoisotopic (exact) mass is 625 g/mol. The molecule has 0 aliphatic heterocycles. The number of benzene rings is 5. The van der Waals surface area contributed by atoms with Crippen molar-refractivity contribution in [2.24, 2.45) is 0 Å². The third kappa shape index (κ3) is 8.40. The van der Waals surface area contributed by atoms with E-state index in [1.54, 1.807) is 42.5 Å². The molecular weight excluding hydrogens is 591 g/mol. The van der Waals surface area contributed by atoms with Crippen molar-refractivity contribution in [2.75, 3.05) is 10.6 Å². The number of carbonyl (C=O) groups is 3. The predicted octanol–water partition coefficient (Wildman–Crippen LogP) is 8.50. The van der Waals surface area contributed by atoms with Crippen molar-refractivity contribution in [3.63, 3.8) is 0 Å². The van der Waals surface area contributed by atoms with E-state index in [2.05, 4.69) is 16.0 Å². The largest absolute Gasteiger partial charge is 0.325 e. The van der Waals surface area contributed by atoms with Gasteiger partial charge >= 0.3 is 0 Å². The Morgan fingerprint density at radius 1 is 0.674 bits per heavy atom. The molecule has 0 saturated heterocycles. The number of hydrogen-bond acceptors (Lipinski definition) is 4. The summed E-state index contributed by atoms with van der Waals surface area (Å²) in [5.74, 6) is -0.933. The molecular formula is C39H35N3O3S. The second kappa shape index (κ2) is 15.1. The minimum atomic E-state index is -0.460. The number of hydrogen-bond donors (Lipinski definition) is 3. The molecule has 0 aliphatic rings. The Morgan fingerprint density at radius 2 is 1.30 bits per heavy atom. The smallest absolute Gasteiger partial charge is 0.272 e. The van der Waals surface area contributed by atoms with E-state index in [0.29, 0.717) is 11.3 Å². The van der Waals surface area contributed by atoms with Crippen molar-refractivity contribution in [1.29, 1.82) is 0 Å². The Balaban J connectivity index is 1.28. The lowest BCUT2D eigenvalue weighted by atomic mass is 10.0. The summed E-state index contributed by atoms with van der Waals surface area (Å²) in [6.45, 7) is 5.87. The van der Waals surface area contributed by atoms with Gasteiger partial charge < -0.3 is 16.0 Å². The molecule has 0 aromatic heterocycles. The lowest BCUT2D eigenvalue weighted by Crippen LogP contribution is -2.30. The van der Waals surface area contributed by atoms with Gasteiger partial charge in [0, 0.05) is 21.8 Å². The zero-order chi connectivity index (χ0) is 32.5. The fraction of sp³-hybridized carbons (Fsp3) is 0.103. The van der Waals surface area contributed by atoms with Gasteiger partial charge in [0.05, 0.1) is 5.25 Å². The van der Waals surface area contributed by atoms with Crippen LogP contribution in [0.4, 0.5) is 11.4 Å². The fourth-order valence-corrected chi connectivity index (χ4v) is 5.57. The molecule has 6 nitrogen and oxygen atoms in total. The highest BCUT2D eigenvalue weighted by Crippen LogP contribution is 2.27. The molecule has 0 bridgehead atoms. The van der Waals surface area contributed by atoms with Crippen LogP contribution in [0.5, 0.6) is 0 Å². The lowest BCUT2D eigenvalue weighted by Gasteiger charge is -2.15. The molecule has 5 rings (SSSR count). The van der Waals surface area contributed by atoms with Gasteiger partial charge in [0.15, 0.2) is 0 Å². The van der Waals surface area contributed by atoms with Crippen LogP contribution in [0.25, 0.3) is 17.2 Å². The van der Waals surface area contributed by atoms with Gasteiger partial charge in [0.2, 0.25) is 5.91 Å². The molecule has 0 radical (unpaired) electrons. The van der Waals surface area contributed by atoms with E-state index < -0.39 is 5.91 Å². The number of amides is 3. The molecule has 1 atom stereocenters. The number of anilines is 2. The van der Waals surface area contributed by atoms with Gasteiger partial charge in [0.1, 0.15) is 5.70 Å². The first-order valence-corrected chi connectivity index (χ1v) is 15.8. The quantitative estimate of drug-likeness (QED) is 0.107. The predicted molar refractivity (Wildman–Crippen MR) is 189 cm³/mol. The third-order valence-electron chi connectivity index (χ3n) is 7.51. The highest BCUT2D eigenvalue weighted by atomic mass is 32.2. The second-order valence-electron chi connectivity index (χ2n) is 10.8. The maximum absolute atomic E-state index is 13.5. The molecule has 7 heteroatoms. The molecule has 0 spiro atoms. The highest BCUT2D eigenvalue weighted by Gasteiger charge is 2.17.